The summed E-state index contributed by atoms with van der Waals surface area (Å²) in [5.74, 6) is 0.838. The zero-order chi connectivity index (χ0) is 16.2. The Balaban J connectivity index is 2.41. The van der Waals surface area contributed by atoms with Gasteiger partial charge in [-0.3, -0.25) is 9.79 Å². The van der Waals surface area contributed by atoms with Gasteiger partial charge in [-0.1, -0.05) is 31.5 Å². The van der Waals surface area contributed by atoms with Crippen LogP contribution < -0.4 is 10.6 Å². The van der Waals surface area contributed by atoms with E-state index in [4.69, 9.17) is 0 Å². The van der Waals surface area contributed by atoms with Crippen LogP contribution in [0.4, 0.5) is 0 Å². The number of nitrogens with zero attached hydrogens (tertiary/aromatic N) is 2. The van der Waals surface area contributed by atoms with Crippen molar-refractivity contribution in [3.63, 3.8) is 0 Å². The van der Waals surface area contributed by atoms with Crippen molar-refractivity contribution in [3.05, 3.63) is 35.9 Å². The average Bonchev–Trinajstić information content (AvgIpc) is 2.56. The molecule has 0 unspecified atom stereocenters. The number of aliphatic imine (C=N–C) groups is 1. The van der Waals surface area contributed by atoms with E-state index in [1.807, 2.05) is 25.2 Å². The number of carbonyl (C=O) groups is 1. The lowest BCUT2D eigenvalue weighted by Gasteiger charge is -2.21. The molecule has 5 nitrogen and oxygen atoms in total. The molecule has 1 aromatic rings. The van der Waals surface area contributed by atoms with Gasteiger partial charge < -0.3 is 15.5 Å². The Hall–Kier alpha value is -2.04. The van der Waals surface area contributed by atoms with Crippen molar-refractivity contribution in [1.82, 2.24) is 15.5 Å². The highest BCUT2D eigenvalue weighted by molar-refractivity contribution is 5.94. The highest BCUT2D eigenvalue weighted by atomic mass is 16.1. The number of unbranched alkanes of at least 4 members (excludes halogenated alkanes) is 1. The Labute approximate surface area is 133 Å². The lowest BCUT2D eigenvalue weighted by atomic mass is 10.2. The minimum absolute atomic E-state index is 0.0554. The smallest absolute Gasteiger partial charge is 0.251 e. The van der Waals surface area contributed by atoms with Crippen LogP contribution in [0.1, 0.15) is 37.0 Å². The molecule has 0 aromatic heterocycles. The Morgan fingerprint density at radius 3 is 2.55 bits per heavy atom. The fraction of sp³-hybridized carbons (Fsp3) is 0.529. The summed E-state index contributed by atoms with van der Waals surface area (Å²) in [5, 5.41) is 6.16. The quantitative estimate of drug-likeness (QED) is 0.439. The summed E-state index contributed by atoms with van der Waals surface area (Å²) >= 11 is 0. The maximum absolute atomic E-state index is 11.9. The van der Waals surface area contributed by atoms with Gasteiger partial charge in [-0.15, -0.1) is 0 Å². The van der Waals surface area contributed by atoms with Crippen LogP contribution in [-0.2, 0) is 0 Å². The molecule has 0 heterocycles. The van der Waals surface area contributed by atoms with Crippen LogP contribution in [0.3, 0.4) is 0 Å². The van der Waals surface area contributed by atoms with Gasteiger partial charge in [-0.25, -0.2) is 0 Å². The van der Waals surface area contributed by atoms with Crippen molar-refractivity contribution >= 4 is 11.9 Å². The molecular formula is C17H28N4O. The second-order valence-electron chi connectivity index (χ2n) is 5.13. The van der Waals surface area contributed by atoms with Crippen LogP contribution in [0.2, 0.25) is 0 Å². The van der Waals surface area contributed by atoms with Crippen molar-refractivity contribution in [3.8, 4) is 0 Å². The molecule has 1 amide bonds. The van der Waals surface area contributed by atoms with Gasteiger partial charge in [0.15, 0.2) is 5.96 Å². The van der Waals surface area contributed by atoms with Crippen LogP contribution in [0, 0.1) is 0 Å². The number of guanidine groups is 1. The topological polar surface area (TPSA) is 56.7 Å². The van der Waals surface area contributed by atoms with E-state index in [-0.39, 0.29) is 5.91 Å². The van der Waals surface area contributed by atoms with E-state index in [1.165, 1.54) is 0 Å². The molecule has 2 N–H and O–H groups in total. The number of nitrogens with one attached hydrogen (secondary N) is 2. The average molecular weight is 304 g/mol. The number of amides is 1. The first-order chi connectivity index (χ1) is 10.7. The second kappa shape index (κ2) is 10.7. The summed E-state index contributed by atoms with van der Waals surface area (Å²) < 4.78 is 0. The van der Waals surface area contributed by atoms with Crippen molar-refractivity contribution < 1.29 is 4.79 Å². The lowest BCUT2D eigenvalue weighted by Crippen LogP contribution is -2.40. The first-order valence-electron chi connectivity index (χ1n) is 8.01. The van der Waals surface area contributed by atoms with Crippen LogP contribution >= 0.6 is 0 Å². The summed E-state index contributed by atoms with van der Waals surface area (Å²) in [7, 11) is 2.04. The van der Waals surface area contributed by atoms with E-state index in [9.17, 15) is 4.79 Å². The zero-order valence-corrected chi connectivity index (χ0v) is 13.9. The molecule has 0 aliphatic rings. The molecule has 1 aromatic carbocycles. The van der Waals surface area contributed by atoms with E-state index in [1.54, 1.807) is 12.1 Å². The Kier molecular flexibility index (Phi) is 8.72. The highest BCUT2D eigenvalue weighted by Gasteiger charge is 2.05. The predicted molar refractivity (Wildman–Crippen MR) is 92.3 cm³/mol. The molecule has 0 aliphatic carbocycles. The molecule has 0 atom stereocenters. The molecule has 0 fully saturated rings. The fourth-order valence-corrected chi connectivity index (χ4v) is 1.99. The summed E-state index contributed by atoms with van der Waals surface area (Å²) in [6.07, 6.45) is 2.31. The number of hydrogen-bond acceptors (Lipinski definition) is 2. The van der Waals surface area contributed by atoms with E-state index < -0.39 is 0 Å². The van der Waals surface area contributed by atoms with Gasteiger partial charge in [-0.05, 0) is 25.5 Å². The van der Waals surface area contributed by atoms with Crippen molar-refractivity contribution in [2.75, 3.05) is 33.2 Å². The van der Waals surface area contributed by atoms with Crippen LogP contribution in [0.15, 0.2) is 35.3 Å². The van der Waals surface area contributed by atoms with Crippen molar-refractivity contribution in [2.45, 2.75) is 26.7 Å². The highest BCUT2D eigenvalue weighted by Crippen LogP contribution is 1.97. The van der Waals surface area contributed by atoms with Gasteiger partial charge >= 0.3 is 0 Å². The van der Waals surface area contributed by atoms with Crippen molar-refractivity contribution in [1.29, 1.82) is 0 Å². The van der Waals surface area contributed by atoms with Gasteiger partial charge in [0.2, 0.25) is 0 Å². The summed E-state index contributed by atoms with van der Waals surface area (Å²) in [6, 6.07) is 9.23. The molecule has 22 heavy (non-hydrogen) atoms. The largest absolute Gasteiger partial charge is 0.357 e. The summed E-state index contributed by atoms with van der Waals surface area (Å²) in [4.78, 5) is 18.6. The first kappa shape index (κ1) is 18.0. The molecular weight excluding hydrogens is 276 g/mol. The van der Waals surface area contributed by atoms with Gasteiger partial charge in [0.05, 0.1) is 6.54 Å². The normalized spacial score (nSPS) is 11.1. The monoisotopic (exact) mass is 304 g/mol. The van der Waals surface area contributed by atoms with E-state index in [2.05, 4.69) is 34.4 Å². The fourth-order valence-electron chi connectivity index (χ4n) is 1.99. The molecule has 0 saturated heterocycles. The Bertz CT molecular complexity index is 459. The van der Waals surface area contributed by atoms with Gasteiger partial charge in [0.1, 0.15) is 0 Å². The van der Waals surface area contributed by atoms with Gasteiger partial charge in [0.25, 0.3) is 5.91 Å². The molecule has 122 valence electrons. The third kappa shape index (κ3) is 6.61. The molecule has 0 aliphatic heterocycles. The molecule has 0 bridgehead atoms. The Morgan fingerprint density at radius 1 is 1.18 bits per heavy atom. The molecule has 5 heteroatoms. The minimum atomic E-state index is -0.0554. The van der Waals surface area contributed by atoms with Crippen LogP contribution in [0.5, 0.6) is 0 Å². The maximum Gasteiger partial charge on any atom is 0.251 e. The Morgan fingerprint density at radius 2 is 1.91 bits per heavy atom. The zero-order valence-electron chi connectivity index (χ0n) is 13.9. The second-order valence-corrected chi connectivity index (χ2v) is 5.13. The molecule has 1 rings (SSSR count). The van der Waals surface area contributed by atoms with Crippen LogP contribution in [-0.4, -0.2) is 50.0 Å². The van der Waals surface area contributed by atoms with Gasteiger partial charge in [0, 0.05) is 32.2 Å². The standard InChI is InChI=1S/C17H28N4O/c1-4-6-14-21(3)17(18-5-2)20-13-12-19-16(22)15-10-8-7-9-11-15/h7-11H,4-6,12-14H2,1-3H3,(H,18,20)(H,19,22). The number of benzene rings is 1. The number of hydrogen-bond donors (Lipinski definition) is 2. The SMILES string of the molecule is CCCCN(C)C(=NCCNC(=O)c1ccccc1)NCC. The van der Waals surface area contributed by atoms with E-state index in [0.29, 0.717) is 18.7 Å². The van der Waals surface area contributed by atoms with Crippen LogP contribution in [0.25, 0.3) is 0 Å². The van der Waals surface area contributed by atoms with E-state index >= 15 is 0 Å². The summed E-state index contributed by atoms with van der Waals surface area (Å²) in [5.41, 5.74) is 0.679. The summed E-state index contributed by atoms with van der Waals surface area (Å²) in [6.45, 7) is 7.16. The first-order valence-corrected chi connectivity index (χ1v) is 8.01. The third-order valence-electron chi connectivity index (χ3n) is 3.24. The third-order valence-corrected chi connectivity index (χ3v) is 3.24. The lowest BCUT2D eigenvalue weighted by molar-refractivity contribution is 0.0955. The van der Waals surface area contributed by atoms with E-state index in [0.717, 1.165) is 31.9 Å². The number of rotatable bonds is 8. The molecule has 0 spiro atoms. The molecule has 0 saturated carbocycles. The maximum atomic E-state index is 11.9. The van der Waals surface area contributed by atoms with Crippen molar-refractivity contribution in [2.24, 2.45) is 4.99 Å². The van der Waals surface area contributed by atoms with Gasteiger partial charge in [-0.2, -0.15) is 0 Å². The molecule has 0 radical (unpaired) electrons. The predicted octanol–water partition coefficient (Wildman–Crippen LogP) is 2.11. The number of carbonyl (C=O) groups excluding carboxylic acids is 1. The minimum Gasteiger partial charge on any atom is -0.357 e.